The van der Waals surface area contributed by atoms with E-state index >= 15 is 0 Å². The predicted molar refractivity (Wildman–Crippen MR) is 146 cm³/mol. The van der Waals surface area contributed by atoms with Crippen molar-refractivity contribution < 1.29 is 14.3 Å². The van der Waals surface area contributed by atoms with Gasteiger partial charge >= 0.3 is 0 Å². The zero-order chi connectivity index (χ0) is 25.6. The molecule has 0 spiro atoms. The maximum absolute atomic E-state index is 13.4. The summed E-state index contributed by atoms with van der Waals surface area (Å²) in [4.78, 5) is 30.8. The average Bonchev–Trinajstić information content (AvgIpc) is 2.93. The minimum absolute atomic E-state index is 0.131. The molecule has 0 bridgehead atoms. The zero-order valence-corrected chi connectivity index (χ0v) is 21.3. The number of fused-ring (bicyclic) bond motifs is 1. The van der Waals surface area contributed by atoms with Crippen LogP contribution in [0.15, 0.2) is 66.7 Å². The normalized spacial score (nSPS) is 15.6. The molecule has 0 saturated carbocycles. The number of benzene rings is 3. The van der Waals surface area contributed by atoms with Crippen LogP contribution in [0.5, 0.6) is 0 Å². The van der Waals surface area contributed by atoms with Crippen LogP contribution in [0, 0.1) is 6.92 Å². The van der Waals surface area contributed by atoms with Crippen molar-refractivity contribution >= 4 is 23.2 Å². The summed E-state index contributed by atoms with van der Waals surface area (Å²) in [7, 11) is 0. The number of carbonyl (C=O) groups excluding carboxylic acids is 2. The smallest absolute Gasteiger partial charge is 0.255 e. The summed E-state index contributed by atoms with van der Waals surface area (Å²) in [6, 6.07) is 21.5. The van der Waals surface area contributed by atoms with Crippen molar-refractivity contribution in [3.63, 3.8) is 0 Å². The first-order valence-corrected chi connectivity index (χ1v) is 13.0. The number of ether oxygens (including phenoxy) is 1. The number of hydrogen-bond acceptors (Lipinski definition) is 5. The highest BCUT2D eigenvalue weighted by atomic mass is 16.5. The first-order valence-electron chi connectivity index (χ1n) is 13.0. The Bertz CT molecular complexity index is 1250. The molecule has 1 saturated heterocycles. The van der Waals surface area contributed by atoms with Gasteiger partial charge in [-0.25, -0.2) is 0 Å². The van der Waals surface area contributed by atoms with Gasteiger partial charge in [-0.1, -0.05) is 42.0 Å². The van der Waals surface area contributed by atoms with Crippen LogP contribution in [0.3, 0.4) is 0 Å². The molecule has 5 rings (SSSR count). The predicted octanol–water partition coefficient (Wildman–Crippen LogP) is 3.87. The van der Waals surface area contributed by atoms with E-state index in [0.717, 1.165) is 63.6 Å². The number of nitrogens with zero attached hydrogens (tertiary/aromatic N) is 2. The second-order valence-electron chi connectivity index (χ2n) is 9.70. The Hall–Kier alpha value is -3.68. The summed E-state index contributed by atoms with van der Waals surface area (Å²) in [5.41, 5.74) is 6.38. The molecule has 2 heterocycles. The van der Waals surface area contributed by atoms with Gasteiger partial charge in [0, 0.05) is 56.2 Å². The molecule has 0 radical (unpaired) electrons. The second-order valence-corrected chi connectivity index (χ2v) is 9.70. The van der Waals surface area contributed by atoms with Gasteiger partial charge in [0.15, 0.2) is 0 Å². The SMILES string of the molecule is Cc1ccc(C(=O)Nc2ccc(N3CCc4ccccc4C3)c(C(=O)NCCN3CCOCC3)c2)cc1. The van der Waals surface area contributed by atoms with Gasteiger partial charge in [0.2, 0.25) is 0 Å². The maximum Gasteiger partial charge on any atom is 0.255 e. The number of aryl methyl sites for hydroxylation is 1. The lowest BCUT2D eigenvalue weighted by Crippen LogP contribution is -2.41. The van der Waals surface area contributed by atoms with E-state index in [1.54, 1.807) is 6.07 Å². The van der Waals surface area contributed by atoms with Crippen LogP contribution < -0.4 is 15.5 Å². The van der Waals surface area contributed by atoms with Crippen LogP contribution in [0.4, 0.5) is 11.4 Å². The molecule has 37 heavy (non-hydrogen) atoms. The van der Waals surface area contributed by atoms with Crippen LogP contribution in [0.1, 0.15) is 37.4 Å². The zero-order valence-electron chi connectivity index (χ0n) is 21.3. The Morgan fingerprint density at radius 3 is 2.43 bits per heavy atom. The minimum atomic E-state index is -0.196. The van der Waals surface area contributed by atoms with Crippen molar-refractivity contribution in [1.82, 2.24) is 10.2 Å². The quantitative estimate of drug-likeness (QED) is 0.517. The van der Waals surface area contributed by atoms with Crippen molar-refractivity contribution in [2.24, 2.45) is 0 Å². The monoisotopic (exact) mass is 498 g/mol. The largest absolute Gasteiger partial charge is 0.379 e. The molecule has 2 aliphatic rings. The number of carbonyl (C=O) groups is 2. The minimum Gasteiger partial charge on any atom is -0.379 e. The van der Waals surface area contributed by atoms with Gasteiger partial charge in [0.05, 0.1) is 18.8 Å². The van der Waals surface area contributed by atoms with E-state index in [4.69, 9.17) is 4.74 Å². The average molecular weight is 499 g/mol. The van der Waals surface area contributed by atoms with Gasteiger partial charge in [-0.05, 0) is 54.8 Å². The fraction of sp³-hybridized carbons (Fsp3) is 0.333. The molecule has 2 aliphatic heterocycles. The van der Waals surface area contributed by atoms with Crippen molar-refractivity contribution in [3.05, 3.63) is 94.5 Å². The third-order valence-corrected chi connectivity index (χ3v) is 7.10. The molecule has 2 amide bonds. The number of nitrogens with one attached hydrogen (secondary N) is 2. The Kier molecular flexibility index (Phi) is 7.82. The van der Waals surface area contributed by atoms with Gasteiger partial charge in [0.25, 0.3) is 11.8 Å². The van der Waals surface area contributed by atoms with Gasteiger partial charge in [-0.15, -0.1) is 0 Å². The highest BCUT2D eigenvalue weighted by Gasteiger charge is 2.22. The van der Waals surface area contributed by atoms with Gasteiger partial charge < -0.3 is 20.3 Å². The van der Waals surface area contributed by atoms with E-state index < -0.39 is 0 Å². The summed E-state index contributed by atoms with van der Waals surface area (Å²) in [6.45, 7) is 8.15. The topological polar surface area (TPSA) is 73.9 Å². The van der Waals surface area contributed by atoms with Crippen molar-refractivity contribution in [2.45, 2.75) is 19.9 Å². The molecule has 3 aromatic carbocycles. The summed E-state index contributed by atoms with van der Waals surface area (Å²) >= 11 is 0. The molecular weight excluding hydrogens is 464 g/mol. The van der Waals surface area contributed by atoms with E-state index in [9.17, 15) is 9.59 Å². The van der Waals surface area contributed by atoms with Crippen LogP contribution in [-0.2, 0) is 17.7 Å². The summed E-state index contributed by atoms with van der Waals surface area (Å²) in [5, 5.41) is 6.07. The lowest BCUT2D eigenvalue weighted by atomic mass is 9.98. The van der Waals surface area contributed by atoms with Crippen LogP contribution >= 0.6 is 0 Å². The first kappa shape index (κ1) is 25.0. The number of amides is 2. The number of morpholine rings is 1. The molecule has 0 aliphatic carbocycles. The summed E-state index contributed by atoms with van der Waals surface area (Å²) in [5.74, 6) is -0.327. The number of rotatable bonds is 7. The van der Waals surface area contributed by atoms with Gasteiger partial charge in [-0.3, -0.25) is 14.5 Å². The fourth-order valence-electron chi connectivity index (χ4n) is 4.93. The Morgan fingerprint density at radius 1 is 0.892 bits per heavy atom. The second kappa shape index (κ2) is 11.6. The van der Waals surface area contributed by atoms with E-state index in [0.29, 0.717) is 23.4 Å². The highest BCUT2D eigenvalue weighted by Crippen LogP contribution is 2.30. The standard InChI is InChI=1S/C30H34N4O3/c1-22-6-8-24(9-7-22)29(35)32-26-10-11-28(34-14-12-23-4-2-3-5-25(23)21-34)27(20-26)30(36)31-13-15-33-16-18-37-19-17-33/h2-11,20H,12-19,21H2,1H3,(H,31,36)(H,32,35). The number of anilines is 2. The van der Waals surface area contributed by atoms with Crippen LogP contribution in [0.2, 0.25) is 0 Å². The Morgan fingerprint density at radius 2 is 1.65 bits per heavy atom. The summed E-state index contributed by atoms with van der Waals surface area (Å²) < 4.78 is 5.42. The highest BCUT2D eigenvalue weighted by molar-refractivity contribution is 6.06. The number of hydrogen-bond donors (Lipinski definition) is 2. The van der Waals surface area contributed by atoms with Crippen LogP contribution in [-0.4, -0.2) is 62.7 Å². The van der Waals surface area contributed by atoms with Gasteiger partial charge in [-0.2, -0.15) is 0 Å². The van der Waals surface area contributed by atoms with Crippen molar-refractivity contribution in [2.75, 3.05) is 56.2 Å². The molecular formula is C30H34N4O3. The fourth-order valence-corrected chi connectivity index (χ4v) is 4.93. The lowest BCUT2D eigenvalue weighted by Gasteiger charge is -2.32. The molecule has 7 nitrogen and oxygen atoms in total. The van der Waals surface area contributed by atoms with Crippen LogP contribution in [0.25, 0.3) is 0 Å². The molecule has 2 N–H and O–H groups in total. The lowest BCUT2D eigenvalue weighted by molar-refractivity contribution is 0.0383. The molecule has 0 atom stereocenters. The molecule has 7 heteroatoms. The van der Waals surface area contributed by atoms with E-state index in [1.807, 2.05) is 43.3 Å². The molecule has 0 unspecified atom stereocenters. The van der Waals surface area contributed by atoms with E-state index in [2.05, 4.69) is 44.7 Å². The third-order valence-electron chi connectivity index (χ3n) is 7.10. The van der Waals surface area contributed by atoms with Crippen molar-refractivity contribution in [3.8, 4) is 0 Å². The van der Waals surface area contributed by atoms with E-state index in [1.165, 1.54) is 11.1 Å². The molecule has 192 valence electrons. The maximum atomic E-state index is 13.4. The van der Waals surface area contributed by atoms with E-state index in [-0.39, 0.29) is 11.8 Å². The molecule has 1 fully saturated rings. The Labute approximate surface area is 218 Å². The first-order chi connectivity index (χ1) is 18.1. The molecule has 3 aromatic rings. The summed E-state index contributed by atoms with van der Waals surface area (Å²) in [6.07, 6.45) is 0.931. The van der Waals surface area contributed by atoms with Gasteiger partial charge in [0.1, 0.15) is 0 Å². The van der Waals surface area contributed by atoms with Crippen molar-refractivity contribution in [1.29, 1.82) is 0 Å². The Balaban J connectivity index is 1.35. The molecule has 0 aromatic heterocycles. The third kappa shape index (κ3) is 6.18.